The Balaban J connectivity index is 2.48. The molecule has 0 fully saturated rings. The smallest absolute Gasteiger partial charge is 0.123 e. The van der Waals surface area contributed by atoms with Gasteiger partial charge in [-0.05, 0) is 37.2 Å². The lowest BCUT2D eigenvalue weighted by Gasteiger charge is -2.17. The predicted molar refractivity (Wildman–Crippen MR) is 73.3 cm³/mol. The van der Waals surface area contributed by atoms with Crippen molar-refractivity contribution in [3.63, 3.8) is 0 Å². The van der Waals surface area contributed by atoms with E-state index >= 15 is 0 Å². The van der Waals surface area contributed by atoms with Gasteiger partial charge in [-0.3, -0.25) is 0 Å². The number of benzene rings is 1. The summed E-state index contributed by atoms with van der Waals surface area (Å²) in [7, 11) is 3.51. The number of methoxy groups -OCH3 is 1. The number of hydrogen-bond donors (Lipinski definition) is 1. The highest BCUT2D eigenvalue weighted by Gasteiger charge is 2.10. The second kappa shape index (κ2) is 8.58. The van der Waals surface area contributed by atoms with E-state index in [-0.39, 0.29) is 11.9 Å². The summed E-state index contributed by atoms with van der Waals surface area (Å²) in [5.41, 5.74) is 0.935. The van der Waals surface area contributed by atoms with Crippen LogP contribution in [0.3, 0.4) is 0 Å². The third-order valence-corrected chi connectivity index (χ3v) is 3.41. The lowest BCUT2D eigenvalue weighted by atomic mass is 10.1. The molecule has 18 heavy (non-hydrogen) atoms. The van der Waals surface area contributed by atoms with Crippen molar-refractivity contribution in [3.05, 3.63) is 34.1 Å². The predicted octanol–water partition coefficient (Wildman–Crippen LogP) is 2.38. The Morgan fingerprint density at radius 3 is 2.83 bits per heavy atom. The molecule has 0 amide bonds. The summed E-state index contributed by atoms with van der Waals surface area (Å²) < 4.78 is 24.5. The molecular weight excluding hydrogens is 301 g/mol. The average molecular weight is 320 g/mol. The highest BCUT2D eigenvalue weighted by atomic mass is 79.9. The summed E-state index contributed by atoms with van der Waals surface area (Å²) >= 11 is 3.43. The normalized spacial score (nSPS) is 12.7. The van der Waals surface area contributed by atoms with Crippen LogP contribution in [0, 0.1) is 5.82 Å². The quantitative estimate of drug-likeness (QED) is 0.746. The molecule has 0 radical (unpaired) electrons. The molecule has 0 bridgehead atoms. The molecule has 0 aliphatic carbocycles. The van der Waals surface area contributed by atoms with Gasteiger partial charge in [0.15, 0.2) is 0 Å². The van der Waals surface area contributed by atoms with Gasteiger partial charge in [-0.2, -0.15) is 0 Å². The number of halogens is 2. The molecule has 1 N–H and O–H groups in total. The van der Waals surface area contributed by atoms with E-state index in [1.165, 1.54) is 6.07 Å². The molecule has 1 rings (SSSR count). The van der Waals surface area contributed by atoms with Crippen molar-refractivity contribution < 1.29 is 13.9 Å². The van der Waals surface area contributed by atoms with Crippen LogP contribution in [0.1, 0.15) is 5.56 Å². The van der Waals surface area contributed by atoms with Gasteiger partial charge in [0.2, 0.25) is 0 Å². The molecule has 0 saturated carbocycles. The van der Waals surface area contributed by atoms with Gasteiger partial charge in [0.25, 0.3) is 0 Å². The van der Waals surface area contributed by atoms with Crippen LogP contribution >= 0.6 is 15.9 Å². The Morgan fingerprint density at radius 1 is 1.39 bits per heavy atom. The summed E-state index contributed by atoms with van der Waals surface area (Å²) in [6, 6.07) is 4.86. The first-order chi connectivity index (χ1) is 8.67. The molecule has 0 saturated heterocycles. The average Bonchev–Trinajstić information content (AvgIpc) is 2.37. The Kier molecular flexibility index (Phi) is 7.42. The van der Waals surface area contributed by atoms with Crippen LogP contribution in [-0.4, -0.2) is 40.0 Å². The Bertz CT molecular complexity index is 363. The molecule has 3 nitrogen and oxygen atoms in total. The Morgan fingerprint density at radius 2 is 2.17 bits per heavy atom. The first-order valence-electron chi connectivity index (χ1n) is 5.85. The minimum Gasteiger partial charge on any atom is -0.382 e. The molecule has 102 valence electrons. The second-order valence-electron chi connectivity index (χ2n) is 3.99. The number of likely N-dealkylation sites (N-methyl/N-ethyl adjacent to an activating group) is 1. The molecule has 1 aromatic carbocycles. The van der Waals surface area contributed by atoms with Crippen molar-refractivity contribution in [2.45, 2.75) is 12.5 Å². The standard InChI is InChI=1S/C13H19BrFNO2/c1-16-12(9-18-6-5-17-2)8-10-7-11(15)3-4-13(10)14/h3-4,7,12,16H,5-6,8-9H2,1-2H3. The fourth-order valence-electron chi connectivity index (χ4n) is 1.58. The molecule has 0 aliphatic heterocycles. The van der Waals surface area contributed by atoms with Crippen LogP contribution < -0.4 is 5.32 Å². The van der Waals surface area contributed by atoms with Gasteiger partial charge in [0.1, 0.15) is 5.82 Å². The molecule has 1 atom stereocenters. The molecule has 1 unspecified atom stereocenters. The SMILES string of the molecule is CNC(COCCOC)Cc1cc(F)ccc1Br. The molecule has 5 heteroatoms. The van der Waals surface area contributed by atoms with Crippen molar-refractivity contribution in [1.29, 1.82) is 0 Å². The number of hydrogen-bond acceptors (Lipinski definition) is 3. The summed E-state index contributed by atoms with van der Waals surface area (Å²) in [4.78, 5) is 0. The van der Waals surface area contributed by atoms with E-state index in [2.05, 4.69) is 21.2 Å². The summed E-state index contributed by atoms with van der Waals surface area (Å²) in [6.45, 7) is 1.72. The van der Waals surface area contributed by atoms with E-state index in [0.717, 1.165) is 10.0 Å². The van der Waals surface area contributed by atoms with Crippen LogP contribution in [0.15, 0.2) is 22.7 Å². The lowest BCUT2D eigenvalue weighted by Crippen LogP contribution is -2.33. The van der Waals surface area contributed by atoms with E-state index in [1.807, 2.05) is 7.05 Å². The first kappa shape index (κ1) is 15.6. The van der Waals surface area contributed by atoms with Gasteiger partial charge in [-0.1, -0.05) is 15.9 Å². The van der Waals surface area contributed by atoms with Crippen molar-refractivity contribution >= 4 is 15.9 Å². The largest absolute Gasteiger partial charge is 0.382 e. The fraction of sp³-hybridized carbons (Fsp3) is 0.538. The minimum atomic E-state index is -0.219. The van der Waals surface area contributed by atoms with Crippen LogP contribution in [0.4, 0.5) is 4.39 Å². The van der Waals surface area contributed by atoms with Crippen LogP contribution in [-0.2, 0) is 15.9 Å². The zero-order valence-corrected chi connectivity index (χ0v) is 12.3. The monoisotopic (exact) mass is 319 g/mol. The number of rotatable bonds is 8. The highest BCUT2D eigenvalue weighted by molar-refractivity contribution is 9.10. The molecular formula is C13H19BrFNO2. The topological polar surface area (TPSA) is 30.5 Å². The van der Waals surface area contributed by atoms with Crippen molar-refractivity contribution in [1.82, 2.24) is 5.32 Å². The summed E-state index contributed by atoms with van der Waals surface area (Å²) in [6.07, 6.45) is 0.710. The fourth-order valence-corrected chi connectivity index (χ4v) is 1.99. The van der Waals surface area contributed by atoms with Crippen LogP contribution in [0.2, 0.25) is 0 Å². The minimum absolute atomic E-state index is 0.153. The molecule has 1 aromatic rings. The van der Waals surface area contributed by atoms with Crippen LogP contribution in [0.25, 0.3) is 0 Å². The van der Waals surface area contributed by atoms with Crippen molar-refractivity contribution in [3.8, 4) is 0 Å². The van der Waals surface area contributed by atoms with Gasteiger partial charge < -0.3 is 14.8 Å². The summed E-state index contributed by atoms with van der Waals surface area (Å²) in [5.74, 6) is -0.219. The van der Waals surface area contributed by atoms with E-state index in [0.29, 0.717) is 26.2 Å². The van der Waals surface area contributed by atoms with E-state index < -0.39 is 0 Å². The molecule has 0 aromatic heterocycles. The van der Waals surface area contributed by atoms with Gasteiger partial charge in [-0.25, -0.2) is 4.39 Å². The third-order valence-electron chi connectivity index (χ3n) is 2.63. The van der Waals surface area contributed by atoms with E-state index in [1.54, 1.807) is 19.2 Å². The maximum atomic E-state index is 13.2. The van der Waals surface area contributed by atoms with E-state index in [4.69, 9.17) is 9.47 Å². The maximum absolute atomic E-state index is 13.2. The second-order valence-corrected chi connectivity index (χ2v) is 4.85. The number of ether oxygens (including phenoxy) is 2. The molecule has 0 aliphatic rings. The van der Waals surface area contributed by atoms with Crippen molar-refractivity contribution in [2.24, 2.45) is 0 Å². The maximum Gasteiger partial charge on any atom is 0.123 e. The zero-order valence-electron chi connectivity index (χ0n) is 10.7. The van der Waals surface area contributed by atoms with Gasteiger partial charge >= 0.3 is 0 Å². The van der Waals surface area contributed by atoms with E-state index in [9.17, 15) is 4.39 Å². The van der Waals surface area contributed by atoms with Crippen LogP contribution in [0.5, 0.6) is 0 Å². The lowest BCUT2D eigenvalue weighted by molar-refractivity contribution is 0.0597. The van der Waals surface area contributed by atoms with Gasteiger partial charge in [0.05, 0.1) is 19.8 Å². The zero-order chi connectivity index (χ0) is 13.4. The molecule has 0 spiro atoms. The molecule has 0 heterocycles. The first-order valence-corrected chi connectivity index (χ1v) is 6.64. The number of nitrogens with one attached hydrogen (secondary N) is 1. The van der Waals surface area contributed by atoms with Crippen molar-refractivity contribution in [2.75, 3.05) is 34.0 Å². The van der Waals surface area contributed by atoms with Gasteiger partial charge in [-0.15, -0.1) is 0 Å². The van der Waals surface area contributed by atoms with Gasteiger partial charge in [0, 0.05) is 17.6 Å². The Labute approximate surface area is 116 Å². The Hall–Kier alpha value is -0.490. The summed E-state index contributed by atoms with van der Waals surface area (Å²) in [5, 5.41) is 3.17. The third kappa shape index (κ3) is 5.44. The highest BCUT2D eigenvalue weighted by Crippen LogP contribution is 2.19.